The number of aromatic carboxylic acids is 1. The molecule has 11 heteroatoms. The molecule has 1 heterocycles. The van der Waals surface area contributed by atoms with Gasteiger partial charge in [-0.1, -0.05) is 49.1 Å². The molecule has 8 nitrogen and oxygen atoms in total. The van der Waals surface area contributed by atoms with Crippen LogP contribution in [0.5, 0.6) is 5.75 Å². The molecule has 6 rings (SSSR count). The van der Waals surface area contributed by atoms with Crippen LogP contribution in [0.2, 0.25) is 5.02 Å². The van der Waals surface area contributed by atoms with Crippen molar-refractivity contribution < 1.29 is 23.8 Å². The maximum absolute atomic E-state index is 15.9. The van der Waals surface area contributed by atoms with Crippen molar-refractivity contribution in [3.8, 4) is 28.3 Å². The molecular weight excluding hydrogens is 642 g/mol. The lowest BCUT2D eigenvalue weighted by Gasteiger charge is -2.25. The number of aromatic nitrogens is 2. The molecule has 0 spiro atoms. The minimum atomic E-state index is -1.03. The van der Waals surface area contributed by atoms with Gasteiger partial charge in [-0.3, -0.25) is 0 Å². The number of carbonyl (C=O) groups is 2. The first-order valence-corrected chi connectivity index (χ1v) is 15.6. The van der Waals surface area contributed by atoms with Gasteiger partial charge in [0.15, 0.2) is 0 Å². The van der Waals surface area contributed by atoms with Crippen molar-refractivity contribution in [3.05, 3.63) is 101 Å². The third-order valence-corrected chi connectivity index (χ3v) is 8.62. The van der Waals surface area contributed by atoms with E-state index in [0.29, 0.717) is 33.4 Å². The summed E-state index contributed by atoms with van der Waals surface area (Å²) >= 11 is 6.12. The summed E-state index contributed by atoms with van der Waals surface area (Å²) in [6.45, 7) is 0.112. The van der Waals surface area contributed by atoms with E-state index in [4.69, 9.17) is 21.3 Å². The molecule has 47 heavy (non-hydrogen) atoms. The lowest BCUT2D eigenvalue weighted by atomic mass is 9.94. The van der Waals surface area contributed by atoms with Gasteiger partial charge in [-0.15, -0.1) is 12.4 Å². The van der Waals surface area contributed by atoms with Crippen molar-refractivity contribution in [1.82, 2.24) is 14.5 Å². The molecule has 0 radical (unpaired) electrons. The van der Waals surface area contributed by atoms with Gasteiger partial charge < -0.3 is 24.6 Å². The first-order valence-electron chi connectivity index (χ1n) is 15.2. The SMILES string of the molecule is CN(C)C(=O)Nc1ccc(-c2ccc(Cl)cc2)c(COc2ccc(-c3nc4cc(C(=O)O)ccc4n3C3CCCCC3)c(F)c2)c1.Cl. The van der Waals surface area contributed by atoms with E-state index in [-0.39, 0.29) is 36.7 Å². The van der Waals surface area contributed by atoms with Crippen molar-refractivity contribution in [2.24, 2.45) is 0 Å². The number of amides is 2. The van der Waals surface area contributed by atoms with E-state index in [1.165, 1.54) is 11.0 Å². The molecule has 2 N–H and O–H groups in total. The highest BCUT2D eigenvalue weighted by atomic mass is 35.5. The average Bonchev–Trinajstić information content (AvgIpc) is 3.43. The Morgan fingerprint density at radius 1 is 0.979 bits per heavy atom. The molecule has 1 aliphatic carbocycles. The van der Waals surface area contributed by atoms with Crippen LogP contribution in [0.15, 0.2) is 78.9 Å². The third kappa shape index (κ3) is 7.37. The molecule has 1 fully saturated rings. The number of urea groups is 1. The summed E-state index contributed by atoms with van der Waals surface area (Å²) in [6.07, 6.45) is 5.21. The smallest absolute Gasteiger partial charge is 0.335 e. The van der Waals surface area contributed by atoms with Crippen LogP contribution in [0.25, 0.3) is 33.5 Å². The molecule has 244 valence electrons. The molecular formula is C36H35Cl2FN4O4. The number of hydrogen-bond acceptors (Lipinski definition) is 4. The first-order chi connectivity index (χ1) is 22.2. The number of carbonyl (C=O) groups excluding carboxylic acids is 1. The zero-order valence-corrected chi connectivity index (χ0v) is 27.6. The normalized spacial score (nSPS) is 13.2. The predicted octanol–water partition coefficient (Wildman–Crippen LogP) is 9.46. The number of nitrogens with one attached hydrogen (secondary N) is 1. The number of rotatable bonds is 8. The van der Waals surface area contributed by atoms with E-state index < -0.39 is 11.8 Å². The summed E-state index contributed by atoms with van der Waals surface area (Å²) in [5.41, 5.74) is 4.97. The quantitative estimate of drug-likeness (QED) is 0.171. The van der Waals surface area contributed by atoms with Gasteiger partial charge in [-0.2, -0.15) is 0 Å². The zero-order chi connectivity index (χ0) is 32.4. The Labute approximate surface area is 283 Å². The van der Waals surface area contributed by atoms with E-state index in [1.54, 1.807) is 56.6 Å². The molecule has 0 bridgehead atoms. The van der Waals surface area contributed by atoms with E-state index in [0.717, 1.165) is 54.3 Å². The van der Waals surface area contributed by atoms with Gasteiger partial charge in [0.05, 0.1) is 22.2 Å². The summed E-state index contributed by atoms with van der Waals surface area (Å²) in [6, 6.07) is 22.5. The Balaban J connectivity index is 0.00000433. The Bertz CT molecular complexity index is 1920. The lowest BCUT2D eigenvalue weighted by Crippen LogP contribution is -2.27. The van der Waals surface area contributed by atoms with E-state index in [9.17, 15) is 14.7 Å². The van der Waals surface area contributed by atoms with Crippen molar-refractivity contribution in [3.63, 3.8) is 0 Å². The van der Waals surface area contributed by atoms with Crippen LogP contribution in [0, 0.1) is 5.82 Å². The van der Waals surface area contributed by atoms with E-state index >= 15 is 4.39 Å². The average molecular weight is 678 g/mol. The van der Waals surface area contributed by atoms with E-state index in [1.807, 2.05) is 30.3 Å². The maximum atomic E-state index is 15.9. The van der Waals surface area contributed by atoms with Gasteiger partial charge in [0.1, 0.15) is 24.0 Å². The van der Waals surface area contributed by atoms with Crippen molar-refractivity contribution >= 4 is 52.7 Å². The van der Waals surface area contributed by atoms with E-state index in [2.05, 4.69) is 9.88 Å². The van der Waals surface area contributed by atoms with Gasteiger partial charge >= 0.3 is 12.0 Å². The summed E-state index contributed by atoms with van der Waals surface area (Å²) in [7, 11) is 3.33. The molecule has 4 aromatic carbocycles. The Morgan fingerprint density at radius 3 is 2.38 bits per heavy atom. The van der Waals surface area contributed by atoms with Crippen molar-refractivity contribution in [2.75, 3.05) is 19.4 Å². The number of ether oxygens (including phenoxy) is 1. The number of fused-ring (bicyclic) bond motifs is 1. The lowest BCUT2D eigenvalue weighted by molar-refractivity contribution is 0.0697. The van der Waals surface area contributed by atoms with Crippen LogP contribution >= 0.6 is 24.0 Å². The first kappa shape index (κ1) is 33.8. The molecule has 0 aliphatic heterocycles. The fraction of sp³-hybridized carbons (Fsp3) is 0.250. The number of nitrogens with zero attached hydrogens (tertiary/aromatic N) is 3. The summed E-state index contributed by atoms with van der Waals surface area (Å²) in [5.74, 6) is -0.719. The van der Waals surface area contributed by atoms with Crippen molar-refractivity contribution in [2.45, 2.75) is 44.8 Å². The van der Waals surface area contributed by atoms with Crippen LogP contribution < -0.4 is 10.1 Å². The number of halogens is 3. The topological polar surface area (TPSA) is 96.7 Å². The van der Waals surface area contributed by atoms with Gasteiger partial charge in [0, 0.05) is 36.9 Å². The molecule has 1 saturated carbocycles. The van der Waals surface area contributed by atoms with Crippen LogP contribution in [0.1, 0.15) is 54.1 Å². The molecule has 1 aliphatic rings. The molecule has 1 aromatic heterocycles. The largest absolute Gasteiger partial charge is 0.489 e. The number of benzene rings is 4. The highest BCUT2D eigenvalue weighted by molar-refractivity contribution is 6.30. The van der Waals surface area contributed by atoms with Gasteiger partial charge in [0.2, 0.25) is 0 Å². The second kappa shape index (κ2) is 14.4. The second-order valence-electron chi connectivity index (χ2n) is 11.7. The molecule has 2 amide bonds. The Kier molecular flexibility index (Phi) is 10.4. The highest BCUT2D eigenvalue weighted by Crippen LogP contribution is 2.38. The van der Waals surface area contributed by atoms with Crippen LogP contribution in [-0.2, 0) is 6.61 Å². The monoisotopic (exact) mass is 676 g/mol. The maximum Gasteiger partial charge on any atom is 0.335 e. The fourth-order valence-corrected chi connectivity index (χ4v) is 6.12. The van der Waals surface area contributed by atoms with Gasteiger partial charge in [-0.25, -0.2) is 19.0 Å². The van der Waals surface area contributed by atoms with Crippen molar-refractivity contribution in [1.29, 1.82) is 0 Å². The molecule has 0 unspecified atom stereocenters. The van der Waals surface area contributed by atoms with Crippen LogP contribution in [0.3, 0.4) is 0 Å². The number of hydrogen-bond donors (Lipinski definition) is 2. The summed E-state index contributed by atoms with van der Waals surface area (Å²) < 4.78 is 24.1. The Hall–Kier alpha value is -4.60. The fourth-order valence-electron chi connectivity index (χ4n) is 6.00. The summed E-state index contributed by atoms with van der Waals surface area (Å²) in [4.78, 5) is 30.1. The van der Waals surface area contributed by atoms with Crippen LogP contribution in [0.4, 0.5) is 14.9 Å². The minimum Gasteiger partial charge on any atom is -0.489 e. The molecule has 0 atom stereocenters. The third-order valence-electron chi connectivity index (χ3n) is 8.37. The highest BCUT2D eigenvalue weighted by Gasteiger charge is 2.25. The number of carboxylic acids is 1. The number of imidazole rings is 1. The summed E-state index contributed by atoms with van der Waals surface area (Å²) in [5, 5.41) is 13.0. The number of carboxylic acid groups (broad SMARTS) is 1. The van der Waals surface area contributed by atoms with Crippen LogP contribution in [-0.4, -0.2) is 45.7 Å². The standard InChI is InChI=1S/C36H34ClFN4O4.ClH/c1-41(2)36(45)39-26-13-15-29(22-8-11-25(37)12-9-22)24(18-26)21-46-28-14-16-30(31(38)20-28)34-40-32-19-23(35(43)44)10-17-33(32)42(34)27-6-4-3-5-7-27;/h8-20,27H,3-7,21H2,1-2H3,(H,39,45)(H,43,44);1H. The van der Waals surface area contributed by atoms with Gasteiger partial charge in [-0.05, 0) is 84.1 Å². The second-order valence-corrected chi connectivity index (χ2v) is 12.2. The minimum absolute atomic E-state index is 0. The Morgan fingerprint density at radius 2 is 1.70 bits per heavy atom. The molecule has 0 saturated heterocycles. The number of anilines is 1. The zero-order valence-electron chi connectivity index (χ0n) is 26.0. The molecule has 5 aromatic rings. The van der Waals surface area contributed by atoms with Gasteiger partial charge in [0.25, 0.3) is 0 Å². The predicted molar refractivity (Wildman–Crippen MR) is 185 cm³/mol.